The van der Waals surface area contributed by atoms with Crippen LogP contribution in [0, 0.1) is 0 Å². The van der Waals surface area contributed by atoms with E-state index in [1.54, 1.807) is 11.8 Å². The molecule has 6 heteroatoms. The molecule has 0 aromatic carbocycles. The van der Waals surface area contributed by atoms with Crippen molar-refractivity contribution in [3.05, 3.63) is 12.7 Å². The van der Waals surface area contributed by atoms with Gasteiger partial charge in [0.25, 0.3) is 0 Å². The molecule has 0 spiro atoms. The van der Waals surface area contributed by atoms with Crippen LogP contribution in [0.5, 0.6) is 0 Å². The van der Waals surface area contributed by atoms with E-state index in [1.165, 1.54) is 12.3 Å². The van der Waals surface area contributed by atoms with Crippen LogP contribution in [-0.4, -0.2) is 29.2 Å². The third-order valence-electron chi connectivity index (χ3n) is 1.66. The smallest absolute Gasteiger partial charge is 0.365 e. The second-order valence-corrected chi connectivity index (χ2v) is 5.01. The zero-order valence-electron chi connectivity index (χ0n) is 8.73. The molecular formula is C9H14N2O3S. The van der Waals surface area contributed by atoms with Crippen LogP contribution in [0.25, 0.3) is 0 Å². The van der Waals surface area contributed by atoms with E-state index in [0.29, 0.717) is 6.61 Å². The maximum absolute atomic E-state index is 11.0. The Morgan fingerprint density at radius 3 is 3.13 bits per heavy atom. The van der Waals surface area contributed by atoms with Crippen LogP contribution in [0.15, 0.2) is 17.6 Å². The number of aliphatic imine (C=N–C) groups is 1. The van der Waals surface area contributed by atoms with E-state index < -0.39 is 11.0 Å². The fourth-order valence-corrected chi connectivity index (χ4v) is 2.15. The fourth-order valence-electron chi connectivity index (χ4n) is 1.06. The van der Waals surface area contributed by atoms with Crippen molar-refractivity contribution in [3.63, 3.8) is 0 Å². The first-order chi connectivity index (χ1) is 7.06. The Morgan fingerprint density at radius 2 is 2.60 bits per heavy atom. The van der Waals surface area contributed by atoms with Crippen LogP contribution in [0.4, 0.5) is 4.79 Å². The molecule has 1 unspecified atom stereocenters. The van der Waals surface area contributed by atoms with E-state index >= 15 is 0 Å². The lowest BCUT2D eigenvalue weighted by molar-refractivity contribution is 0.0405. The van der Waals surface area contributed by atoms with Crippen LogP contribution >= 0.6 is 11.8 Å². The Morgan fingerprint density at radius 1 is 1.87 bits per heavy atom. The maximum atomic E-state index is 11.0. The second kappa shape index (κ2) is 5.29. The summed E-state index contributed by atoms with van der Waals surface area (Å²) in [6.45, 7) is 7.71. The molecular weight excluding hydrogens is 216 g/mol. The van der Waals surface area contributed by atoms with E-state index in [4.69, 9.17) is 9.57 Å². The highest BCUT2D eigenvalue weighted by atomic mass is 32.2. The highest BCUT2D eigenvalue weighted by molar-refractivity contribution is 8.01. The number of thioether (sulfide) groups is 1. The normalized spacial score (nSPS) is 30.7. The summed E-state index contributed by atoms with van der Waals surface area (Å²) < 4.78 is 5.34. The molecule has 0 aromatic rings. The quantitative estimate of drug-likeness (QED) is 0.590. The van der Waals surface area contributed by atoms with Gasteiger partial charge in [-0.3, -0.25) is 0 Å². The number of allylic oxidation sites excluding steroid dienone is 1. The van der Waals surface area contributed by atoms with Crippen LogP contribution in [0.3, 0.4) is 0 Å². The van der Waals surface area contributed by atoms with Gasteiger partial charge in [-0.1, -0.05) is 12.7 Å². The van der Waals surface area contributed by atoms with Crippen LogP contribution in [0.1, 0.15) is 13.8 Å². The lowest BCUT2D eigenvalue weighted by atomic mass is 10.4. The number of nitrogens with zero attached hydrogens (tertiary/aromatic N) is 1. The van der Waals surface area contributed by atoms with Gasteiger partial charge in [-0.25, -0.2) is 4.79 Å². The van der Waals surface area contributed by atoms with Gasteiger partial charge < -0.3 is 9.57 Å². The minimum Gasteiger partial charge on any atom is -0.365 e. The van der Waals surface area contributed by atoms with Gasteiger partial charge in [-0.2, -0.15) is 4.99 Å². The summed E-state index contributed by atoms with van der Waals surface area (Å²) in [5.41, 5.74) is 2.73. The number of nitrogens with one attached hydrogen (secondary N) is 1. The first-order valence-electron chi connectivity index (χ1n) is 4.48. The first kappa shape index (κ1) is 12.2. The molecule has 0 aliphatic carbocycles. The Hall–Kier alpha value is -0.850. The number of rotatable bonds is 3. The van der Waals surface area contributed by atoms with Crippen LogP contribution < -0.4 is 5.48 Å². The minimum absolute atomic E-state index is 0.0953. The minimum atomic E-state index is -0.698. The van der Waals surface area contributed by atoms with Gasteiger partial charge in [-0.05, 0) is 13.8 Å². The molecule has 5 nitrogen and oxygen atoms in total. The van der Waals surface area contributed by atoms with E-state index in [9.17, 15) is 4.79 Å². The highest BCUT2D eigenvalue weighted by Crippen LogP contribution is 2.34. The van der Waals surface area contributed by atoms with Crippen molar-refractivity contribution in [1.29, 1.82) is 0 Å². The largest absolute Gasteiger partial charge is 0.452 e. The Bertz CT molecular complexity index is 283. The molecule has 1 amide bonds. The number of carbonyl (C=O) groups is 1. The van der Waals surface area contributed by atoms with E-state index in [0.717, 1.165) is 0 Å². The van der Waals surface area contributed by atoms with Crippen molar-refractivity contribution in [3.8, 4) is 0 Å². The zero-order valence-corrected chi connectivity index (χ0v) is 9.54. The lowest BCUT2D eigenvalue weighted by Gasteiger charge is -2.20. The van der Waals surface area contributed by atoms with E-state index in [2.05, 4.69) is 17.1 Å². The van der Waals surface area contributed by atoms with Gasteiger partial charge in [-0.15, -0.1) is 17.2 Å². The Balaban J connectivity index is 2.33. The number of carbonyl (C=O) groups excluding carboxylic acids is 1. The van der Waals surface area contributed by atoms with Crippen molar-refractivity contribution in [2.45, 2.75) is 24.2 Å². The summed E-state index contributed by atoms with van der Waals surface area (Å²) >= 11 is 1.55. The van der Waals surface area contributed by atoms with Crippen molar-refractivity contribution < 1.29 is 14.4 Å². The molecule has 84 valence electrons. The van der Waals surface area contributed by atoms with Gasteiger partial charge in [0.1, 0.15) is 10.3 Å². The number of hydrogen-bond donors (Lipinski definition) is 1. The lowest BCUT2D eigenvalue weighted by Crippen LogP contribution is -2.40. The number of hydroxylamine groups is 1. The van der Waals surface area contributed by atoms with Gasteiger partial charge in [0.05, 0.1) is 6.61 Å². The van der Waals surface area contributed by atoms with Gasteiger partial charge in [0, 0.05) is 6.21 Å². The molecule has 1 aliphatic heterocycles. The average Bonchev–Trinajstić information content (AvgIpc) is 2.53. The molecule has 1 rings (SSSR count). The monoisotopic (exact) mass is 230 g/mol. The molecule has 0 radical (unpaired) electrons. The zero-order chi connectivity index (χ0) is 11.3. The molecule has 0 bridgehead atoms. The summed E-state index contributed by atoms with van der Waals surface area (Å²) in [5.74, 6) is 0. The van der Waals surface area contributed by atoms with Crippen molar-refractivity contribution in [2.24, 2.45) is 4.99 Å². The molecule has 1 fully saturated rings. The summed E-state index contributed by atoms with van der Waals surface area (Å²) in [6, 6.07) is 0. The molecule has 1 saturated heterocycles. The standard InChI is InChI=1S/C9H14N2O3S/c1-4-5-10-8(12)14-11-9(3)6-13-7(2)15-9/h4-5,7,11H,1,6H2,2-3H3/b10-5+/t7-,9?/m0/s1. The van der Waals surface area contributed by atoms with Crippen molar-refractivity contribution in [1.82, 2.24) is 5.48 Å². The van der Waals surface area contributed by atoms with Gasteiger partial charge >= 0.3 is 6.09 Å². The predicted octanol–water partition coefficient (Wildman–Crippen LogP) is 1.71. The van der Waals surface area contributed by atoms with Gasteiger partial charge in [0.2, 0.25) is 0 Å². The third-order valence-corrected chi connectivity index (χ3v) is 2.85. The molecule has 0 saturated carbocycles. The topological polar surface area (TPSA) is 59.9 Å². The molecule has 0 aromatic heterocycles. The van der Waals surface area contributed by atoms with E-state index in [-0.39, 0.29) is 5.44 Å². The molecule has 1 heterocycles. The fraction of sp³-hybridized carbons (Fsp3) is 0.556. The van der Waals surface area contributed by atoms with Crippen molar-refractivity contribution >= 4 is 24.1 Å². The van der Waals surface area contributed by atoms with Crippen LogP contribution in [0.2, 0.25) is 0 Å². The summed E-state index contributed by atoms with van der Waals surface area (Å²) in [6.07, 6.45) is 1.97. The Kier molecular flexibility index (Phi) is 4.31. The number of hydrogen-bond acceptors (Lipinski definition) is 5. The molecule has 15 heavy (non-hydrogen) atoms. The first-order valence-corrected chi connectivity index (χ1v) is 5.36. The number of amides is 1. The Labute approximate surface area is 92.9 Å². The van der Waals surface area contributed by atoms with Crippen LogP contribution in [-0.2, 0) is 9.57 Å². The predicted molar refractivity (Wildman–Crippen MR) is 59.7 cm³/mol. The summed E-state index contributed by atoms with van der Waals surface area (Å²) in [5, 5.41) is 0. The molecule has 2 atom stereocenters. The average molecular weight is 230 g/mol. The number of ether oxygens (including phenoxy) is 1. The summed E-state index contributed by atoms with van der Waals surface area (Å²) in [4.78, 5) is 18.8. The van der Waals surface area contributed by atoms with Gasteiger partial charge in [0.15, 0.2) is 0 Å². The van der Waals surface area contributed by atoms with Crippen molar-refractivity contribution in [2.75, 3.05) is 6.61 Å². The second-order valence-electron chi connectivity index (χ2n) is 3.21. The van der Waals surface area contributed by atoms with E-state index in [1.807, 2.05) is 13.8 Å². The third kappa shape index (κ3) is 4.03. The summed E-state index contributed by atoms with van der Waals surface area (Å²) in [7, 11) is 0. The highest BCUT2D eigenvalue weighted by Gasteiger charge is 2.36. The molecule has 1 aliphatic rings. The maximum Gasteiger partial charge on any atom is 0.452 e. The SMILES string of the molecule is C=C/C=N/C(=O)ONC1(C)CO[C@H](C)S1. The molecule has 1 N–H and O–H groups in total.